The van der Waals surface area contributed by atoms with Crippen LogP contribution in [0.2, 0.25) is 0 Å². The summed E-state index contributed by atoms with van der Waals surface area (Å²) in [4.78, 5) is 200. The van der Waals surface area contributed by atoms with Crippen molar-refractivity contribution in [1.82, 2.24) is 5.32 Å². The molecule has 0 saturated carbocycles. The van der Waals surface area contributed by atoms with E-state index in [1.807, 2.05) is 0 Å². The Hall–Kier alpha value is -13.0. The molecular weight excluding hydrogens is 1630 g/mol. The van der Waals surface area contributed by atoms with Crippen molar-refractivity contribution in [3.05, 3.63) is 160 Å². The molecule has 0 atom stereocenters. The monoisotopic (exact) mass is 1750 g/mol. The number of aliphatic hydroxyl groups excluding tert-OH is 1. The van der Waals surface area contributed by atoms with Gasteiger partial charge in [-0.05, 0) is 94.1 Å². The number of carbonyl (C=O) groups excluding carboxylic acids is 18. The van der Waals surface area contributed by atoms with Crippen LogP contribution < -0.4 is 5.32 Å². The van der Waals surface area contributed by atoms with E-state index in [4.69, 9.17) is 71.1 Å². The van der Waals surface area contributed by atoms with Crippen LogP contribution >= 0.6 is 0 Å². The third-order valence-corrected chi connectivity index (χ3v) is 12.7. The van der Waals surface area contributed by atoms with Gasteiger partial charge in [-0.15, -0.1) is 0 Å². The van der Waals surface area contributed by atoms with Crippen molar-refractivity contribution in [3.8, 4) is 0 Å². The Bertz CT molecular complexity index is 3470. The summed E-state index contributed by atoms with van der Waals surface area (Å²) in [6, 6.07) is 0. The van der Waals surface area contributed by atoms with E-state index >= 15 is 0 Å². The lowest BCUT2D eigenvalue weighted by molar-refractivity contribution is -0.158. The average Bonchev–Trinajstić information content (AvgIpc) is 0.871. The summed E-state index contributed by atoms with van der Waals surface area (Å²) in [6.45, 7) is 59.5. The third-order valence-electron chi connectivity index (χ3n) is 12.7. The predicted octanol–water partition coefficient (Wildman–Crippen LogP) is 7.09. The van der Waals surface area contributed by atoms with Crippen LogP contribution in [-0.2, 0) is 172 Å². The molecule has 0 aromatic heterocycles. The molecule has 1 amide bonds. The SMILES string of the molecule is C=C(C)C(=O)OCC(O)COC(=O)C(=C)C.C=C(C)C(=O)OCCCC(=O)OCCOC(=O)C(=C)C.C=C(C)C(=O)OCCOCCCC(=O)OCCOC(=O)C(=C)C.C=CC(=O)NCCOC(=O)CCCOC(=O)C(=C)C.C=CC(=O)OCC(C)(COC(=O)C=C)CC(=O)OCCOC(=O)C(=C)C.C=CC(=O)OCCCC(=O)OCCOC(=O)C(=C)C. The summed E-state index contributed by atoms with van der Waals surface area (Å²) in [5.41, 5.74) is 1.54. The second-order valence-electron chi connectivity index (χ2n) is 25.4. The highest BCUT2D eigenvalue weighted by atomic mass is 16.6. The van der Waals surface area contributed by atoms with Crippen molar-refractivity contribution >= 4 is 107 Å². The molecule has 123 heavy (non-hydrogen) atoms. The first kappa shape index (κ1) is 121. The van der Waals surface area contributed by atoms with Gasteiger partial charge in [-0.25, -0.2) is 57.5 Å². The molecule has 38 nitrogen and oxygen atoms in total. The molecule has 0 aromatic rings. The Labute approximate surface area is 717 Å². The molecule has 0 aromatic carbocycles. The van der Waals surface area contributed by atoms with Gasteiger partial charge >= 0.3 is 101 Å². The van der Waals surface area contributed by atoms with Gasteiger partial charge < -0.3 is 95.7 Å². The van der Waals surface area contributed by atoms with E-state index < -0.39 is 113 Å². The summed E-state index contributed by atoms with van der Waals surface area (Å²) in [5, 5.41) is 11.8. The van der Waals surface area contributed by atoms with Gasteiger partial charge in [0.2, 0.25) is 5.91 Å². The van der Waals surface area contributed by atoms with Gasteiger partial charge in [0, 0.05) is 106 Å². The zero-order valence-electron chi connectivity index (χ0n) is 72.2. The van der Waals surface area contributed by atoms with E-state index in [1.54, 1.807) is 27.7 Å². The van der Waals surface area contributed by atoms with E-state index in [1.165, 1.54) is 41.5 Å². The van der Waals surface area contributed by atoms with Crippen molar-refractivity contribution in [2.45, 2.75) is 133 Å². The molecule has 0 aliphatic carbocycles. The van der Waals surface area contributed by atoms with Gasteiger partial charge in [0.25, 0.3) is 0 Å². The summed E-state index contributed by atoms with van der Waals surface area (Å²) < 4.78 is 86.9. The van der Waals surface area contributed by atoms with Crippen LogP contribution in [0, 0.1) is 5.41 Å². The highest BCUT2D eigenvalue weighted by molar-refractivity contribution is 5.91. The minimum atomic E-state index is -1.05. The molecule has 0 aliphatic heterocycles. The number of hydrogen-bond donors (Lipinski definition) is 2. The minimum Gasteiger partial charge on any atom is -0.464 e. The Morgan fingerprint density at radius 1 is 0.285 bits per heavy atom. The molecule has 0 heterocycles. The topological polar surface area (TPSA) is 506 Å². The van der Waals surface area contributed by atoms with E-state index in [-0.39, 0.29) is 191 Å². The molecule has 38 heteroatoms. The zero-order valence-corrected chi connectivity index (χ0v) is 72.2. The number of nitrogens with one attached hydrogen (secondary N) is 1. The molecule has 2 N–H and O–H groups in total. The molecule has 688 valence electrons. The molecule has 0 radical (unpaired) electrons. The van der Waals surface area contributed by atoms with Crippen molar-refractivity contribution in [3.63, 3.8) is 0 Å². The van der Waals surface area contributed by atoms with Gasteiger partial charge in [-0.1, -0.05) is 92.4 Å². The smallest absolute Gasteiger partial charge is 0.333 e. The van der Waals surface area contributed by atoms with Crippen molar-refractivity contribution in [1.29, 1.82) is 0 Å². The summed E-state index contributed by atoms with van der Waals surface area (Å²) in [7, 11) is 0. The van der Waals surface area contributed by atoms with E-state index in [2.05, 4.69) is 105 Å². The molecule has 0 bridgehead atoms. The molecule has 0 fully saturated rings. The largest absolute Gasteiger partial charge is 0.464 e. The fourth-order valence-corrected chi connectivity index (χ4v) is 6.34. The van der Waals surface area contributed by atoms with Crippen LogP contribution in [-0.4, -0.2) is 251 Å². The Morgan fingerprint density at radius 3 is 0.789 bits per heavy atom. The van der Waals surface area contributed by atoms with E-state index in [0.717, 1.165) is 24.3 Å². The first-order valence-corrected chi connectivity index (χ1v) is 37.4. The average molecular weight is 1750 g/mol. The van der Waals surface area contributed by atoms with Crippen LogP contribution in [0.15, 0.2) is 160 Å². The van der Waals surface area contributed by atoms with Gasteiger partial charge in [0.1, 0.15) is 98.6 Å². The molecule has 0 spiro atoms. The van der Waals surface area contributed by atoms with Crippen LogP contribution in [0.3, 0.4) is 0 Å². The Kier molecular flexibility index (Phi) is 75.1. The maximum absolute atomic E-state index is 12.0. The first-order chi connectivity index (χ1) is 57.6. The van der Waals surface area contributed by atoms with Gasteiger partial charge in [0.05, 0.1) is 39.4 Å². The Balaban J connectivity index is -0.000000336. The zero-order chi connectivity index (χ0) is 95.4. The van der Waals surface area contributed by atoms with Crippen LogP contribution in [0.1, 0.15) is 127 Å². The minimum absolute atomic E-state index is 0.00200. The summed E-state index contributed by atoms with van der Waals surface area (Å²) >= 11 is 0. The number of carbonyl (C=O) groups is 18. The number of hydrogen-bond acceptors (Lipinski definition) is 37. The lowest BCUT2D eigenvalue weighted by Crippen LogP contribution is -2.34. The maximum Gasteiger partial charge on any atom is 0.333 e. The molecule has 0 rings (SSSR count). The number of esters is 17. The number of rotatable bonds is 57. The highest BCUT2D eigenvalue weighted by Crippen LogP contribution is 2.24. The highest BCUT2D eigenvalue weighted by Gasteiger charge is 2.32. The van der Waals surface area contributed by atoms with E-state index in [9.17, 15) is 91.4 Å². The third kappa shape index (κ3) is 81.2. The fraction of sp³-hybridized carbons (Fsp3) is 0.482. The fourth-order valence-electron chi connectivity index (χ4n) is 6.34. The van der Waals surface area contributed by atoms with Gasteiger partial charge in [0.15, 0.2) is 0 Å². The van der Waals surface area contributed by atoms with Gasteiger partial charge in [-0.3, -0.25) is 28.8 Å². The van der Waals surface area contributed by atoms with Crippen molar-refractivity contribution < 1.29 is 177 Å². The van der Waals surface area contributed by atoms with Gasteiger partial charge in [-0.2, -0.15) is 0 Å². The lowest BCUT2D eigenvalue weighted by atomic mass is 9.89. The molecule has 0 saturated heterocycles. The quantitative estimate of drug-likeness (QED) is 0.0265. The predicted molar refractivity (Wildman–Crippen MR) is 440 cm³/mol. The van der Waals surface area contributed by atoms with Crippen LogP contribution in [0.4, 0.5) is 0 Å². The van der Waals surface area contributed by atoms with E-state index in [0.29, 0.717) is 54.6 Å². The number of ether oxygens (including phenoxy) is 18. The molecular formula is C85H121NO37. The standard InChI is InChI=1S/C18H24O8.C16H24O7.C14H20O6.C13H19NO5.C13H18O6.C11H16O5/c1-6-14(19)25-11-18(5,12-26-15(20)7-2)10-16(21)23-8-9-24-17(22)13(3)4;1-12(2)15(18)22-9-8-20-7-5-6-14(17)21-10-11-23-16(19)13(3)4;1-10(2)13(16)19-7-5-6-12(15)18-8-9-20-14(17)11(3)4;1-4-11(15)14-7-9-18-12(16)6-5-8-19-13(17)10(2)3;1-4-11(14)17-7-5-6-12(15)18-8-9-19-13(16)10(2)3;1-7(2)10(13)15-5-9(12)6-16-11(14)8(3)4/h6-7H,1-3,8-12H2,4-5H3;1,3,5-11H2,2,4H3;1,3,5-9H2,2,4H3;4H,1-2,5-9H2,3H3,(H,14,15);4H,1-2,5-9H2,3H3;9,12H,1,3,5-6H2,2,4H3. The first-order valence-electron chi connectivity index (χ1n) is 37.4. The summed E-state index contributed by atoms with van der Waals surface area (Å²) in [6.07, 6.45) is 5.09. The van der Waals surface area contributed by atoms with Crippen LogP contribution in [0.25, 0.3) is 0 Å². The Morgan fingerprint density at radius 2 is 0.512 bits per heavy atom. The van der Waals surface area contributed by atoms with Crippen molar-refractivity contribution in [2.24, 2.45) is 5.41 Å². The van der Waals surface area contributed by atoms with Crippen molar-refractivity contribution in [2.75, 3.05) is 132 Å². The number of aliphatic hydroxyl groups is 1. The number of amides is 1. The van der Waals surface area contributed by atoms with Crippen LogP contribution in [0.5, 0.6) is 0 Å². The second kappa shape index (κ2) is 76.4. The lowest BCUT2D eigenvalue weighted by Gasteiger charge is -2.27. The molecule has 0 unspecified atom stereocenters. The second-order valence-corrected chi connectivity index (χ2v) is 25.4. The molecule has 0 aliphatic rings. The maximum atomic E-state index is 12.0. The normalized spacial score (nSPS) is 9.69. The summed E-state index contributed by atoms with van der Waals surface area (Å²) in [5.74, 6) is -9.24.